The van der Waals surface area contributed by atoms with Gasteiger partial charge in [0.25, 0.3) is 0 Å². The topological polar surface area (TPSA) is 97.1 Å². The third-order valence-corrected chi connectivity index (χ3v) is 2.82. The number of carbonyl (C=O) groups is 2. The lowest BCUT2D eigenvalue weighted by Gasteiger charge is -2.07. The zero-order chi connectivity index (χ0) is 14.7. The molecule has 2 aromatic rings. The summed E-state index contributed by atoms with van der Waals surface area (Å²) in [5.41, 5.74) is 0.168. The number of rotatable bonds is 4. The second-order valence-corrected chi connectivity index (χ2v) is 4.62. The molecule has 1 amide bonds. The van der Waals surface area contributed by atoms with Gasteiger partial charge in [0.15, 0.2) is 5.69 Å². The molecule has 1 heterocycles. The van der Waals surface area contributed by atoms with Gasteiger partial charge in [-0.3, -0.25) is 4.79 Å². The Morgan fingerprint density at radius 3 is 2.70 bits per heavy atom. The van der Waals surface area contributed by atoms with Crippen LogP contribution in [-0.4, -0.2) is 32.0 Å². The van der Waals surface area contributed by atoms with E-state index in [-0.39, 0.29) is 12.2 Å². The van der Waals surface area contributed by atoms with E-state index in [1.807, 2.05) is 0 Å². The minimum atomic E-state index is -1.21. The predicted octanol–water partition coefficient (Wildman–Crippen LogP) is 1.92. The Morgan fingerprint density at radius 2 is 2.10 bits per heavy atom. The fourth-order valence-electron chi connectivity index (χ4n) is 1.40. The van der Waals surface area contributed by atoms with Gasteiger partial charge < -0.3 is 10.4 Å². The number of benzene rings is 1. The number of nitrogens with zero attached hydrogens (tertiary/aromatic N) is 3. The average molecular weight is 315 g/mol. The number of carboxylic acids is 1. The lowest BCUT2D eigenvalue weighted by Crippen LogP contribution is -2.19. The van der Waals surface area contributed by atoms with Gasteiger partial charge in [-0.2, -0.15) is 0 Å². The Hall–Kier alpha value is -2.12. The second kappa shape index (κ2) is 5.89. The zero-order valence-electron chi connectivity index (χ0n) is 9.88. The van der Waals surface area contributed by atoms with E-state index in [4.69, 9.17) is 28.3 Å². The number of carbonyl (C=O) groups excluding carboxylic acids is 1. The van der Waals surface area contributed by atoms with Crippen molar-refractivity contribution in [3.63, 3.8) is 0 Å². The van der Waals surface area contributed by atoms with E-state index in [0.717, 1.165) is 10.9 Å². The molecule has 9 heteroatoms. The highest BCUT2D eigenvalue weighted by Crippen LogP contribution is 2.25. The molecule has 0 aliphatic rings. The van der Waals surface area contributed by atoms with Crippen molar-refractivity contribution in [2.75, 3.05) is 5.32 Å². The van der Waals surface area contributed by atoms with Crippen LogP contribution < -0.4 is 5.32 Å². The number of nitrogens with one attached hydrogen (secondary N) is 1. The molecule has 20 heavy (non-hydrogen) atoms. The van der Waals surface area contributed by atoms with Crippen molar-refractivity contribution in [1.29, 1.82) is 0 Å². The van der Waals surface area contributed by atoms with E-state index < -0.39 is 11.9 Å². The van der Waals surface area contributed by atoms with Crippen molar-refractivity contribution < 1.29 is 14.7 Å². The summed E-state index contributed by atoms with van der Waals surface area (Å²) in [7, 11) is 0. The minimum absolute atomic E-state index is 0.181. The molecule has 0 bridgehead atoms. The molecule has 0 atom stereocenters. The molecule has 0 aliphatic carbocycles. The Morgan fingerprint density at radius 1 is 1.35 bits per heavy atom. The third kappa shape index (κ3) is 3.46. The van der Waals surface area contributed by atoms with Gasteiger partial charge in [-0.1, -0.05) is 28.4 Å². The van der Waals surface area contributed by atoms with Gasteiger partial charge in [-0.15, -0.1) is 5.10 Å². The maximum atomic E-state index is 11.8. The number of aromatic nitrogens is 3. The lowest BCUT2D eigenvalue weighted by atomic mass is 10.3. The first kappa shape index (κ1) is 14.3. The summed E-state index contributed by atoms with van der Waals surface area (Å²) >= 11 is 11.7. The number of anilines is 1. The van der Waals surface area contributed by atoms with Crippen LogP contribution in [0.2, 0.25) is 10.0 Å². The van der Waals surface area contributed by atoms with Crippen molar-refractivity contribution in [2.24, 2.45) is 0 Å². The molecule has 0 aliphatic heterocycles. The lowest BCUT2D eigenvalue weighted by molar-refractivity contribution is -0.116. The average Bonchev–Trinajstić information content (AvgIpc) is 2.81. The summed E-state index contributed by atoms with van der Waals surface area (Å²) in [5, 5.41) is 18.9. The number of hydrogen-bond acceptors (Lipinski definition) is 4. The summed E-state index contributed by atoms with van der Waals surface area (Å²) in [6.07, 6.45) is 1.16. The van der Waals surface area contributed by atoms with E-state index in [0.29, 0.717) is 15.7 Å². The fraction of sp³-hybridized carbons (Fsp3) is 0.0909. The predicted molar refractivity (Wildman–Crippen MR) is 72.1 cm³/mol. The zero-order valence-corrected chi connectivity index (χ0v) is 11.4. The van der Waals surface area contributed by atoms with Crippen LogP contribution >= 0.6 is 23.2 Å². The number of halogens is 2. The number of hydrogen-bond donors (Lipinski definition) is 2. The van der Waals surface area contributed by atoms with Gasteiger partial charge >= 0.3 is 5.97 Å². The minimum Gasteiger partial charge on any atom is -0.476 e. The molecule has 0 spiro atoms. The molecule has 104 valence electrons. The maximum Gasteiger partial charge on any atom is 0.358 e. The quantitative estimate of drug-likeness (QED) is 0.898. The van der Waals surface area contributed by atoms with Gasteiger partial charge in [0, 0.05) is 5.02 Å². The van der Waals surface area contributed by atoms with E-state index in [1.54, 1.807) is 12.1 Å². The van der Waals surface area contributed by atoms with Crippen LogP contribution in [0.5, 0.6) is 0 Å². The molecule has 0 fully saturated rings. The summed E-state index contributed by atoms with van der Waals surface area (Å²) < 4.78 is 1.11. The van der Waals surface area contributed by atoms with Gasteiger partial charge in [0.2, 0.25) is 5.91 Å². The molecule has 0 unspecified atom stereocenters. The van der Waals surface area contributed by atoms with Crippen LogP contribution in [0.4, 0.5) is 5.69 Å². The molecular weight excluding hydrogens is 307 g/mol. The summed E-state index contributed by atoms with van der Waals surface area (Å²) in [6, 6.07) is 4.64. The number of carboxylic acid groups (broad SMARTS) is 1. The van der Waals surface area contributed by atoms with Crippen molar-refractivity contribution in [3.8, 4) is 0 Å². The number of aromatic carboxylic acids is 1. The number of amides is 1. The van der Waals surface area contributed by atoms with E-state index in [2.05, 4.69) is 15.6 Å². The van der Waals surface area contributed by atoms with Crippen LogP contribution in [0, 0.1) is 0 Å². The van der Waals surface area contributed by atoms with Gasteiger partial charge in [-0.05, 0) is 18.2 Å². The Balaban J connectivity index is 2.03. The molecular formula is C11H8Cl2N4O3. The first-order valence-corrected chi connectivity index (χ1v) is 6.09. The highest BCUT2D eigenvalue weighted by Gasteiger charge is 2.11. The van der Waals surface area contributed by atoms with Crippen molar-refractivity contribution in [3.05, 3.63) is 40.1 Å². The van der Waals surface area contributed by atoms with Gasteiger partial charge in [-0.25, -0.2) is 9.48 Å². The first-order chi connectivity index (χ1) is 9.45. The highest BCUT2D eigenvalue weighted by atomic mass is 35.5. The van der Waals surface area contributed by atoms with Crippen LogP contribution in [0.15, 0.2) is 24.4 Å². The van der Waals surface area contributed by atoms with E-state index in [1.165, 1.54) is 6.07 Å². The normalized spacial score (nSPS) is 10.3. The van der Waals surface area contributed by atoms with Crippen molar-refractivity contribution in [1.82, 2.24) is 15.0 Å². The van der Waals surface area contributed by atoms with Crippen molar-refractivity contribution in [2.45, 2.75) is 6.54 Å². The summed E-state index contributed by atoms with van der Waals surface area (Å²) in [4.78, 5) is 22.4. The molecule has 2 rings (SSSR count). The molecule has 2 N–H and O–H groups in total. The highest BCUT2D eigenvalue weighted by molar-refractivity contribution is 6.36. The van der Waals surface area contributed by atoms with E-state index >= 15 is 0 Å². The largest absolute Gasteiger partial charge is 0.476 e. The van der Waals surface area contributed by atoms with E-state index in [9.17, 15) is 9.59 Å². The SMILES string of the molecule is O=C(Cn1cc(C(=O)O)nn1)Nc1ccc(Cl)cc1Cl. The monoisotopic (exact) mass is 314 g/mol. The Kier molecular flexibility index (Phi) is 4.21. The maximum absolute atomic E-state index is 11.8. The molecule has 1 aromatic heterocycles. The molecule has 0 radical (unpaired) electrons. The summed E-state index contributed by atoms with van der Waals surface area (Å²) in [5.74, 6) is -1.63. The van der Waals surface area contributed by atoms with Crippen LogP contribution in [0.3, 0.4) is 0 Å². The smallest absolute Gasteiger partial charge is 0.358 e. The van der Waals surface area contributed by atoms with Crippen LogP contribution in [0.1, 0.15) is 10.5 Å². The third-order valence-electron chi connectivity index (χ3n) is 2.27. The van der Waals surface area contributed by atoms with Gasteiger partial charge in [0.1, 0.15) is 6.54 Å². The first-order valence-electron chi connectivity index (χ1n) is 5.34. The molecule has 7 nitrogen and oxygen atoms in total. The fourth-order valence-corrected chi connectivity index (χ4v) is 1.86. The van der Waals surface area contributed by atoms with Crippen LogP contribution in [-0.2, 0) is 11.3 Å². The standard InChI is InChI=1S/C11H8Cl2N4O3/c12-6-1-2-8(7(13)3-6)14-10(18)5-17-4-9(11(19)20)15-16-17/h1-4H,5H2,(H,14,18)(H,19,20). The summed E-state index contributed by atoms with van der Waals surface area (Å²) in [6.45, 7) is -0.181. The Labute approximate surface area is 123 Å². The molecule has 0 saturated heterocycles. The Bertz CT molecular complexity index is 671. The second-order valence-electron chi connectivity index (χ2n) is 3.78. The molecule has 1 aromatic carbocycles. The van der Waals surface area contributed by atoms with Crippen molar-refractivity contribution >= 4 is 40.8 Å². The van der Waals surface area contributed by atoms with Crippen LogP contribution in [0.25, 0.3) is 0 Å². The molecule has 0 saturated carbocycles. The van der Waals surface area contributed by atoms with Gasteiger partial charge in [0.05, 0.1) is 16.9 Å².